The fourth-order valence-electron chi connectivity index (χ4n) is 2.86. The second-order valence-electron chi connectivity index (χ2n) is 5.72. The SMILES string of the molecule is Cc1nc(C(=O)Nc2cc3n(n2)CCCC3)ccc1-c1nn[nH]n1. The first-order chi connectivity index (χ1) is 11.7. The van der Waals surface area contributed by atoms with Gasteiger partial charge in [-0.05, 0) is 43.5 Å². The molecule has 3 aromatic rings. The van der Waals surface area contributed by atoms with Crippen LogP contribution >= 0.6 is 0 Å². The van der Waals surface area contributed by atoms with E-state index in [9.17, 15) is 4.79 Å². The molecular weight excluding hydrogens is 308 g/mol. The molecule has 1 aliphatic heterocycles. The van der Waals surface area contributed by atoms with Crippen molar-refractivity contribution in [1.82, 2.24) is 35.4 Å². The molecule has 9 nitrogen and oxygen atoms in total. The van der Waals surface area contributed by atoms with Crippen LogP contribution in [0.1, 0.15) is 34.7 Å². The van der Waals surface area contributed by atoms with Crippen molar-refractivity contribution in [3.8, 4) is 11.4 Å². The summed E-state index contributed by atoms with van der Waals surface area (Å²) in [5.41, 5.74) is 2.88. The molecule has 0 radical (unpaired) electrons. The molecule has 2 N–H and O–H groups in total. The van der Waals surface area contributed by atoms with Crippen LogP contribution in [0.4, 0.5) is 5.82 Å². The van der Waals surface area contributed by atoms with Gasteiger partial charge in [-0.25, -0.2) is 4.98 Å². The summed E-state index contributed by atoms with van der Waals surface area (Å²) in [5.74, 6) is 0.737. The summed E-state index contributed by atoms with van der Waals surface area (Å²) < 4.78 is 1.96. The summed E-state index contributed by atoms with van der Waals surface area (Å²) in [5, 5.41) is 21.0. The molecule has 1 amide bonds. The van der Waals surface area contributed by atoms with Gasteiger partial charge in [0.1, 0.15) is 5.69 Å². The summed E-state index contributed by atoms with van der Waals surface area (Å²) in [6.45, 7) is 2.71. The minimum Gasteiger partial charge on any atom is -0.304 e. The molecule has 0 aliphatic carbocycles. The molecule has 4 heterocycles. The van der Waals surface area contributed by atoms with Crippen LogP contribution in [0.3, 0.4) is 0 Å². The van der Waals surface area contributed by atoms with Gasteiger partial charge in [-0.2, -0.15) is 10.3 Å². The van der Waals surface area contributed by atoms with Crippen molar-refractivity contribution in [2.45, 2.75) is 32.7 Å². The van der Waals surface area contributed by atoms with Gasteiger partial charge >= 0.3 is 0 Å². The minimum absolute atomic E-state index is 0.284. The number of fused-ring (bicyclic) bond motifs is 1. The lowest BCUT2D eigenvalue weighted by Crippen LogP contribution is -2.15. The van der Waals surface area contributed by atoms with Crippen LogP contribution in [0.2, 0.25) is 0 Å². The third kappa shape index (κ3) is 2.64. The lowest BCUT2D eigenvalue weighted by molar-refractivity contribution is 0.102. The van der Waals surface area contributed by atoms with E-state index in [0.29, 0.717) is 23.0 Å². The number of nitrogens with zero attached hydrogens (tertiary/aromatic N) is 6. The van der Waals surface area contributed by atoms with E-state index in [4.69, 9.17) is 0 Å². The molecule has 0 spiro atoms. The Bertz CT molecular complexity index is 860. The maximum atomic E-state index is 12.4. The number of carbonyl (C=O) groups excluding carboxylic acids is 1. The van der Waals surface area contributed by atoms with Crippen molar-refractivity contribution in [1.29, 1.82) is 0 Å². The van der Waals surface area contributed by atoms with Crippen molar-refractivity contribution in [2.24, 2.45) is 0 Å². The maximum Gasteiger partial charge on any atom is 0.275 e. The van der Waals surface area contributed by atoms with Gasteiger partial charge in [0, 0.05) is 29.6 Å². The lowest BCUT2D eigenvalue weighted by atomic mass is 10.1. The Hall–Kier alpha value is -3.10. The van der Waals surface area contributed by atoms with E-state index in [0.717, 1.165) is 37.1 Å². The van der Waals surface area contributed by atoms with E-state index < -0.39 is 0 Å². The van der Waals surface area contributed by atoms with E-state index >= 15 is 0 Å². The van der Waals surface area contributed by atoms with Gasteiger partial charge in [0.25, 0.3) is 5.91 Å². The van der Waals surface area contributed by atoms with E-state index in [2.05, 4.69) is 36.0 Å². The molecule has 24 heavy (non-hydrogen) atoms. The number of nitrogens with one attached hydrogen (secondary N) is 2. The first-order valence-electron chi connectivity index (χ1n) is 7.80. The molecule has 122 valence electrons. The fourth-order valence-corrected chi connectivity index (χ4v) is 2.86. The molecule has 9 heteroatoms. The summed E-state index contributed by atoms with van der Waals surface area (Å²) in [7, 11) is 0. The predicted molar refractivity (Wildman–Crippen MR) is 85.3 cm³/mol. The first-order valence-corrected chi connectivity index (χ1v) is 7.80. The van der Waals surface area contributed by atoms with Crippen LogP contribution in [0.15, 0.2) is 18.2 Å². The monoisotopic (exact) mass is 324 g/mol. The van der Waals surface area contributed by atoms with Gasteiger partial charge in [-0.3, -0.25) is 9.48 Å². The number of aryl methyl sites for hydroxylation is 3. The lowest BCUT2D eigenvalue weighted by Gasteiger charge is -2.11. The average Bonchev–Trinajstić information content (AvgIpc) is 3.23. The zero-order valence-corrected chi connectivity index (χ0v) is 13.2. The van der Waals surface area contributed by atoms with Crippen LogP contribution in [-0.2, 0) is 13.0 Å². The molecule has 4 rings (SSSR count). The number of aromatic amines is 1. The van der Waals surface area contributed by atoms with Crippen molar-refractivity contribution in [2.75, 3.05) is 5.32 Å². The molecule has 0 saturated carbocycles. The van der Waals surface area contributed by atoms with Crippen LogP contribution in [-0.4, -0.2) is 41.3 Å². The average molecular weight is 324 g/mol. The Labute approximate surface area is 137 Å². The second kappa shape index (κ2) is 5.84. The van der Waals surface area contributed by atoms with Crippen molar-refractivity contribution in [3.05, 3.63) is 35.3 Å². The van der Waals surface area contributed by atoms with E-state index in [1.54, 1.807) is 19.1 Å². The number of tetrazole rings is 1. The van der Waals surface area contributed by atoms with Gasteiger partial charge in [0.2, 0.25) is 5.82 Å². The molecule has 0 unspecified atom stereocenters. The van der Waals surface area contributed by atoms with Gasteiger partial charge in [-0.1, -0.05) is 0 Å². The predicted octanol–water partition coefficient (Wildman–Crippen LogP) is 1.36. The Balaban J connectivity index is 1.54. The summed E-state index contributed by atoms with van der Waals surface area (Å²) >= 11 is 0. The van der Waals surface area contributed by atoms with E-state index in [1.807, 2.05) is 10.7 Å². The number of hydrogen-bond donors (Lipinski definition) is 2. The van der Waals surface area contributed by atoms with Crippen LogP contribution in [0.5, 0.6) is 0 Å². The molecular formula is C15H16N8O. The number of hydrogen-bond acceptors (Lipinski definition) is 6. The van der Waals surface area contributed by atoms with Gasteiger partial charge in [-0.15, -0.1) is 10.2 Å². The normalized spacial score (nSPS) is 13.5. The van der Waals surface area contributed by atoms with Gasteiger partial charge in [0.05, 0.1) is 0 Å². The molecule has 0 atom stereocenters. The van der Waals surface area contributed by atoms with E-state index in [-0.39, 0.29) is 5.91 Å². The van der Waals surface area contributed by atoms with Gasteiger partial charge < -0.3 is 5.32 Å². The molecule has 3 aromatic heterocycles. The zero-order chi connectivity index (χ0) is 16.5. The van der Waals surface area contributed by atoms with Crippen molar-refractivity contribution < 1.29 is 4.79 Å². The number of H-pyrrole nitrogens is 1. The topological polar surface area (TPSA) is 114 Å². The summed E-state index contributed by atoms with van der Waals surface area (Å²) in [6, 6.07) is 5.34. The zero-order valence-electron chi connectivity index (χ0n) is 13.2. The number of rotatable bonds is 3. The number of anilines is 1. The van der Waals surface area contributed by atoms with Crippen LogP contribution in [0, 0.1) is 6.92 Å². The molecule has 0 aromatic carbocycles. The molecule has 1 aliphatic rings. The first kappa shape index (κ1) is 14.5. The number of amides is 1. The third-order valence-electron chi connectivity index (χ3n) is 4.06. The molecule has 0 fully saturated rings. The maximum absolute atomic E-state index is 12.4. The van der Waals surface area contributed by atoms with Crippen LogP contribution < -0.4 is 5.32 Å². The van der Waals surface area contributed by atoms with E-state index in [1.165, 1.54) is 0 Å². The summed E-state index contributed by atoms with van der Waals surface area (Å²) in [4.78, 5) is 16.7. The quantitative estimate of drug-likeness (QED) is 0.751. The Morgan fingerprint density at radius 2 is 2.25 bits per heavy atom. The smallest absolute Gasteiger partial charge is 0.275 e. The molecule has 0 bridgehead atoms. The minimum atomic E-state index is -0.284. The highest BCUT2D eigenvalue weighted by atomic mass is 16.2. The Kier molecular flexibility index (Phi) is 3.52. The number of carbonyl (C=O) groups is 1. The van der Waals surface area contributed by atoms with Gasteiger partial charge in [0.15, 0.2) is 5.82 Å². The van der Waals surface area contributed by atoms with Crippen LogP contribution in [0.25, 0.3) is 11.4 Å². The van der Waals surface area contributed by atoms with Crippen molar-refractivity contribution >= 4 is 11.7 Å². The Morgan fingerprint density at radius 3 is 3.00 bits per heavy atom. The largest absolute Gasteiger partial charge is 0.304 e. The third-order valence-corrected chi connectivity index (χ3v) is 4.06. The number of aromatic nitrogens is 7. The number of pyridine rings is 1. The highest BCUT2D eigenvalue weighted by molar-refractivity contribution is 6.02. The highest BCUT2D eigenvalue weighted by Gasteiger charge is 2.16. The Morgan fingerprint density at radius 1 is 1.33 bits per heavy atom. The van der Waals surface area contributed by atoms with Crippen molar-refractivity contribution in [3.63, 3.8) is 0 Å². The fraction of sp³-hybridized carbons (Fsp3) is 0.333. The highest BCUT2D eigenvalue weighted by Crippen LogP contribution is 2.20. The summed E-state index contributed by atoms with van der Waals surface area (Å²) in [6.07, 6.45) is 3.29. The standard InChI is InChI=1S/C15H16N8O/c1-9-11(14-18-21-22-19-14)5-6-12(16-9)15(24)17-13-8-10-4-2-3-7-23(10)20-13/h5-6,8H,2-4,7H2,1H3,(H,17,20,24)(H,18,19,21,22). The second-order valence-corrected chi connectivity index (χ2v) is 5.72. The molecule has 0 saturated heterocycles.